The highest BCUT2D eigenvalue weighted by Gasteiger charge is 2.12. The Hall–Kier alpha value is -1.80. The third-order valence-electron chi connectivity index (χ3n) is 6.42. The van der Waals surface area contributed by atoms with Crippen molar-refractivity contribution in [2.75, 3.05) is 24.8 Å². The molecule has 8 heteroatoms. The Bertz CT molecular complexity index is 922. The van der Waals surface area contributed by atoms with Crippen LogP contribution in [0.4, 0.5) is 0 Å². The zero-order valence-corrected chi connectivity index (χ0v) is 22.4. The molecule has 0 radical (unpaired) electrons. The quantitative estimate of drug-likeness (QED) is 0.351. The Balaban J connectivity index is 1.63. The van der Waals surface area contributed by atoms with Crippen molar-refractivity contribution in [3.8, 4) is 0 Å². The average Bonchev–Trinajstić information content (AvgIpc) is 2.80. The lowest BCUT2D eigenvalue weighted by atomic mass is 9.99. The Kier molecular flexibility index (Phi) is 12.8. The van der Waals surface area contributed by atoms with Gasteiger partial charge >= 0.3 is 5.69 Å². The van der Waals surface area contributed by atoms with E-state index in [0.717, 1.165) is 63.3 Å². The van der Waals surface area contributed by atoms with Gasteiger partial charge in [0.25, 0.3) is 5.56 Å². The van der Waals surface area contributed by atoms with E-state index in [1.165, 1.54) is 36.1 Å². The summed E-state index contributed by atoms with van der Waals surface area (Å²) in [6, 6.07) is 1.53. The highest BCUT2D eigenvalue weighted by atomic mass is 32.2. The molecule has 0 saturated heterocycles. The minimum atomic E-state index is -0.246. The molecule has 34 heavy (non-hydrogen) atoms. The lowest BCUT2D eigenvalue weighted by molar-refractivity contribution is -0.117. The number of nitrogens with one attached hydrogen (secondary N) is 1. The van der Waals surface area contributed by atoms with Crippen LogP contribution in [0.2, 0.25) is 0 Å². The first-order valence-corrected chi connectivity index (χ1v) is 14.0. The van der Waals surface area contributed by atoms with Crippen molar-refractivity contribution in [2.45, 2.75) is 85.1 Å². The summed E-state index contributed by atoms with van der Waals surface area (Å²) in [4.78, 5) is 38.4. The third-order valence-corrected chi connectivity index (χ3v) is 7.46. The monoisotopic (exact) mass is 492 g/mol. The second-order valence-corrected chi connectivity index (χ2v) is 10.7. The lowest BCUT2D eigenvalue weighted by Gasteiger charge is -2.27. The maximum absolute atomic E-state index is 12.3. The van der Waals surface area contributed by atoms with Crippen molar-refractivity contribution < 1.29 is 4.79 Å². The van der Waals surface area contributed by atoms with Crippen LogP contribution in [0.5, 0.6) is 0 Å². The molecule has 0 aromatic carbocycles. The van der Waals surface area contributed by atoms with Gasteiger partial charge in [-0.25, -0.2) is 4.79 Å². The highest BCUT2D eigenvalue weighted by molar-refractivity contribution is 7.99. The van der Waals surface area contributed by atoms with Gasteiger partial charge in [0, 0.05) is 44.5 Å². The van der Waals surface area contributed by atoms with Gasteiger partial charge in [-0.05, 0) is 37.7 Å². The Labute approximate surface area is 209 Å². The SMILES string of the molecule is CCCCC(C)CC(=O)CSCN1C=C(CCCCCCn2c(C)cc(=O)n(C)c2=O)CNC1. The first-order chi connectivity index (χ1) is 16.3. The van der Waals surface area contributed by atoms with Crippen molar-refractivity contribution in [1.82, 2.24) is 19.4 Å². The second kappa shape index (κ2) is 15.2. The summed E-state index contributed by atoms with van der Waals surface area (Å²) in [5.74, 6) is 2.33. The van der Waals surface area contributed by atoms with E-state index < -0.39 is 0 Å². The van der Waals surface area contributed by atoms with E-state index in [4.69, 9.17) is 0 Å². The Morgan fingerprint density at radius 2 is 1.94 bits per heavy atom. The number of nitrogens with zero attached hydrogens (tertiary/aromatic N) is 3. The van der Waals surface area contributed by atoms with Crippen molar-refractivity contribution in [1.29, 1.82) is 0 Å². The summed E-state index contributed by atoms with van der Waals surface area (Å²) in [6.45, 7) is 8.63. The molecule has 1 atom stereocenters. The zero-order valence-electron chi connectivity index (χ0n) is 21.6. The van der Waals surface area contributed by atoms with E-state index in [2.05, 4.69) is 30.3 Å². The molecule has 1 N–H and O–H groups in total. The molecule has 1 aromatic heterocycles. The Morgan fingerprint density at radius 1 is 1.18 bits per heavy atom. The number of hydrogen-bond donors (Lipinski definition) is 1. The zero-order chi connectivity index (χ0) is 24.9. The fourth-order valence-corrected chi connectivity index (χ4v) is 5.19. The molecule has 1 aliphatic rings. The molecular formula is C26H44N4O3S. The highest BCUT2D eigenvalue weighted by Crippen LogP contribution is 2.17. The fourth-order valence-electron chi connectivity index (χ4n) is 4.35. The summed E-state index contributed by atoms with van der Waals surface area (Å²) in [7, 11) is 1.53. The van der Waals surface area contributed by atoms with Crippen LogP contribution in [0.3, 0.4) is 0 Å². The number of hydrogen-bond acceptors (Lipinski definition) is 6. The number of thioether (sulfide) groups is 1. The third kappa shape index (κ3) is 9.82. The average molecular weight is 493 g/mol. The summed E-state index contributed by atoms with van der Waals surface area (Å²) in [6.07, 6.45) is 11.9. The van der Waals surface area contributed by atoms with Gasteiger partial charge in [0.1, 0.15) is 5.78 Å². The van der Waals surface area contributed by atoms with Gasteiger partial charge in [0.15, 0.2) is 0 Å². The van der Waals surface area contributed by atoms with Crippen molar-refractivity contribution in [3.63, 3.8) is 0 Å². The standard InChI is InChI=1S/C26H44N4O3S/c1-5-6-11-21(2)14-24(31)18-34-20-29-17-23(16-27-19-29)12-9-7-8-10-13-30-22(3)15-25(32)28(4)26(30)33/h15,17,21,27H,5-14,16,18-20H2,1-4H3. The number of ketones is 1. The molecule has 0 amide bonds. The largest absolute Gasteiger partial charge is 0.356 e. The van der Waals surface area contributed by atoms with Gasteiger partial charge in [0.2, 0.25) is 0 Å². The molecule has 0 bridgehead atoms. The fraction of sp³-hybridized carbons (Fsp3) is 0.731. The van der Waals surface area contributed by atoms with Gasteiger partial charge in [0.05, 0.1) is 18.3 Å². The molecule has 192 valence electrons. The van der Waals surface area contributed by atoms with Crippen molar-refractivity contribution in [3.05, 3.63) is 44.4 Å². The summed E-state index contributed by atoms with van der Waals surface area (Å²) < 4.78 is 2.87. The molecule has 0 fully saturated rings. The van der Waals surface area contributed by atoms with Crippen LogP contribution in [0, 0.1) is 12.8 Å². The van der Waals surface area contributed by atoms with Crippen LogP contribution in [0.1, 0.15) is 77.3 Å². The Morgan fingerprint density at radius 3 is 2.71 bits per heavy atom. The number of rotatable bonds is 16. The van der Waals surface area contributed by atoms with Crippen LogP contribution in [-0.2, 0) is 18.4 Å². The minimum Gasteiger partial charge on any atom is -0.356 e. The molecule has 0 spiro atoms. The molecule has 0 aliphatic carbocycles. The lowest BCUT2D eigenvalue weighted by Crippen LogP contribution is -2.38. The first-order valence-electron chi connectivity index (χ1n) is 12.8. The summed E-state index contributed by atoms with van der Waals surface area (Å²) >= 11 is 1.72. The van der Waals surface area contributed by atoms with Crippen LogP contribution >= 0.6 is 11.8 Å². The number of aryl methyl sites for hydroxylation is 1. The van der Waals surface area contributed by atoms with Crippen LogP contribution in [0.25, 0.3) is 0 Å². The number of aromatic nitrogens is 2. The molecule has 1 unspecified atom stereocenters. The van der Waals surface area contributed by atoms with Gasteiger partial charge in [-0.2, -0.15) is 0 Å². The molecular weight excluding hydrogens is 448 g/mol. The number of carbonyl (C=O) groups is 1. The number of unbranched alkanes of at least 4 members (excludes halogenated alkanes) is 4. The van der Waals surface area contributed by atoms with E-state index in [-0.39, 0.29) is 11.2 Å². The van der Waals surface area contributed by atoms with Crippen molar-refractivity contribution >= 4 is 17.5 Å². The summed E-state index contributed by atoms with van der Waals surface area (Å²) in [5.41, 5.74) is 1.67. The van der Waals surface area contributed by atoms with Gasteiger partial charge in [-0.15, -0.1) is 11.8 Å². The van der Waals surface area contributed by atoms with Gasteiger partial charge in [-0.3, -0.25) is 24.0 Å². The topological polar surface area (TPSA) is 76.3 Å². The van der Waals surface area contributed by atoms with E-state index >= 15 is 0 Å². The van der Waals surface area contributed by atoms with E-state index in [9.17, 15) is 14.4 Å². The smallest absolute Gasteiger partial charge is 0.330 e. The molecule has 1 aromatic rings. The molecule has 1 aliphatic heterocycles. The number of Topliss-reactive ketones (excluding diaryl/α,β-unsaturated/α-hetero) is 1. The van der Waals surface area contributed by atoms with E-state index in [1.807, 2.05) is 6.92 Å². The maximum Gasteiger partial charge on any atom is 0.330 e. The predicted octanol–water partition coefficient (Wildman–Crippen LogP) is 4.03. The normalized spacial score (nSPS) is 14.8. The van der Waals surface area contributed by atoms with Crippen molar-refractivity contribution in [2.24, 2.45) is 13.0 Å². The van der Waals surface area contributed by atoms with Gasteiger partial charge in [-0.1, -0.05) is 46.0 Å². The molecule has 7 nitrogen and oxygen atoms in total. The predicted molar refractivity (Wildman–Crippen MR) is 142 cm³/mol. The maximum atomic E-state index is 12.3. The number of carbonyl (C=O) groups excluding carboxylic acids is 1. The first kappa shape index (κ1) is 28.4. The van der Waals surface area contributed by atoms with Crippen LogP contribution in [-0.4, -0.2) is 44.7 Å². The molecule has 2 heterocycles. The minimum absolute atomic E-state index is 0.228. The van der Waals surface area contributed by atoms with Crippen LogP contribution < -0.4 is 16.6 Å². The van der Waals surface area contributed by atoms with E-state index in [1.54, 1.807) is 16.3 Å². The van der Waals surface area contributed by atoms with Crippen LogP contribution in [0.15, 0.2) is 27.4 Å². The van der Waals surface area contributed by atoms with E-state index in [0.29, 0.717) is 30.4 Å². The van der Waals surface area contributed by atoms with Gasteiger partial charge < -0.3 is 4.90 Å². The molecule has 2 rings (SSSR count). The summed E-state index contributed by atoms with van der Waals surface area (Å²) in [5, 5.41) is 3.47. The second-order valence-electron chi connectivity index (χ2n) is 9.71. The molecule has 0 saturated carbocycles.